The van der Waals surface area contributed by atoms with Crippen LogP contribution in [0.15, 0.2) is 30.3 Å². The Kier molecular flexibility index (Phi) is 5.43. The van der Waals surface area contributed by atoms with Gasteiger partial charge < -0.3 is 9.47 Å². The number of carbonyl (C=O) groups excluding carboxylic acids is 1. The molecule has 0 aromatic heterocycles. The van der Waals surface area contributed by atoms with Crippen molar-refractivity contribution in [1.82, 2.24) is 0 Å². The first-order chi connectivity index (χ1) is 6.93. The van der Waals surface area contributed by atoms with Crippen molar-refractivity contribution in [2.24, 2.45) is 0 Å². The second-order valence-electron chi connectivity index (χ2n) is 2.81. The summed E-state index contributed by atoms with van der Waals surface area (Å²) in [5.74, 6) is 0. The number of ether oxygens (including phenoxy) is 2. The fourth-order valence-electron chi connectivity index (χ4n) is 1.09. The predicted molar refractivity (Wildman–Crippen MR) is 53.0 cm³/mol. The van der Waals surface area contributed by atoms with Crippen LogP contribution in [0.4, 0.5) is 0 Å². The zero-order valence-corrected chi connectivity index (χ0v) is 8.02. The minimum Gasteiger partial charge on any atom is -0.465 e. The topological polar surface area (TPSA) is 35.5 Å². The van der Waals surface area contributed by atoms with E-state index in [1.54, 1.807) is 0 Å². The molecule has 0 saturated carbocycles. The average molecular weight is 194 g/mol. The summed E-state index contributed by atoms with van der Waals surface area (Å²) < 4.78 is 9.74. The lowest BCUT2D eigenvalue weighted by molar-refractivity contribution is -0.130. The van der Waals surface area contributed by atoms with Gasteiger partial charge in [-0.15, -0.1) is 0 Å². The Hall–Kier alpha value is -1.35. The fourth-order valence-corrected chi connectivity index (χ4v) is 1.09. The van der Waals surface area contributed by atoms with Gasteiger partial charge >= 0.3 is 0 Å². The molecule has 1 aromatic carbocycles. The molecular weight excluding hydrogens is 180 g/mol. The molecule has 14 heavy (non-hydrogen) atoms. The molecule has 0 bridgehead atoms. The summed E-state index contributed by atoms with van der Waals surface area (Å²) in [4.78, 5) is 9.78. The van der Waals surface area contributed by atoms with E-state index in [4.69, 9.17) is 4.74 Å². The molecule has 0 atom stereocenters. The Morgan fingerprint density at radius 1 is 1.07 bits per heavy atom. The molecule has 76 valence electrons. The monoisotopic (exact) mass is 194 g/mol. The van der Waals surface area contributed by atoms with Crippen molar-refractivity contribution in [3.8, 4) is 0 Å². The Morgan fingerprint density at radius 3 is 2.57 bits per heavy atom. The maximum absolute atomic E-state index is 9.78. The van der Waals surface area contributed by atoms with Gasteiger partial charge in [-0.1, -0.05) is 30.3 Å². The molecule has 1 aromatic rings. The van der Waals surface area contributed by atoms with Gasteiger partial charge in [0.2, 0.25) is 0 Å². The quantitative estimate of drug-likeness (QED) is 0.486. The van der Waals surface area contributed by atoms with Crippen molar-refractivity contribution in [3.05, 3.63) is 35.9 Å². The van der Waals surface area contributed by atoms with Crippen molar-refractivity contribution in [1.29, 1.82) is 0 Å². The zero-order chi connectivity index (χ0) is 10.1. The van der Waals surface area contributed by atoms with E-state index in [9.17, 15) is 4.79 Å². The third kappa shape index (κ3) is 4.62. The molecule has 0 radical (unpaired) electrons. The molecule has 0 N–H and O–H groups in total. The molecule has 0 unspecified atom stereocenters. The molecule has 0 aliphatic rings. The zero-order valence-electron chi connectivity index (χ0n) is 8.02. The van der Waals surface area contributed by atoms with E-state index in [0.29, 0.717) is 26.3 Å². The van der Waals surface area contributed by atoms with E-state index in [-0.39, 0.29) is 0 Å². The van der Waals surface area contributed by atoms with Crippen LogP contribution in [-0.4, -0.2) is 26.3 Å². The van der Waals surface area contributed by atoms with E-state index >= 15 is 0 Å². The van der Waals surface area contributed by atoms with Gasteiger partial charge in [0.05, 0.1) is 13.2 Å². The van der Waals surface area contributed by atoms with E-state index < -0.39 is 0 Å². The molecule has 0 aliphatic heterocycles. The van der Waals surface area contributed by atoms with Crippen LogP contribution in [-0.2, 0) is 20.7 Å². The first-order valence-electron chi connectivity index (χ1n) is 4.60. The Balaban J connectivity index is 2.02. The lowest BCUT2D eigenvalue weighted by atomic mass is 10.2. The van der Waals surface area contributed by atoms with Crippen molar-refractivity contribution >= 4 is 6.47 Å². The van der Waals surface area contributed by atoms with Crippen molar-refractivity contribution in [3.63, 3.8) is 0 Å². The van der Waals surface area contributed by atoms with Gasteiger partial charge in [-0.05, 0) is 12.0 Å². The standard InChI is InChI=1S/C11H14O3/c12-10-14-9-8-13-7-6-11-4-2-1-3-5-11/h1-5,10H,6-9H2. The van der Waals surface area contributed by atoms with Crippen molar-refractivity contribution in [2.45, 2.75) is 6.42 Å². The van der Waals surface area contributed by atoms with Crippen molar-refractivity contribution in [2.75, 3.05) is 19.8 Å². The summed E-state index contributed by atoms with van der Waals surface area (Å²) in [6.07, 6.45) is 0.891. The van der Waals surface area contributed by atoms with Crippen LogP contribution in [0, 0.1) is 0 Å². The lowest BCUT2D eigenvalue weighted by Gasteiger charge is -2.03. The van der Waals surface area contributed by atoms with Gasteiger partial charge in [0, 0.05) is 0 Å². The van der Waals surface area contributed by atoms with Gasteiger partial charge in [0.25, 0.3) is 6.47 Å². The summed E-state index contributed by atoms with van der Waals surface area (Å²) in [6, 6.07) is 10.1. The van der Waals surface area contributed by atoms with Crippen LogP contribution < -0.4 is 0 Å². The number of benzene rings is 1. The molecule has 0 aliphatic carbocycles. The summed E-state index contributed by atoms with van der Waals surface area (Å²) in [5, 5.41) is 0. The number of hydrogen-bond donors (Lipinski definition) is 0. The Bertz CT molecular complexity index is 246. The summed E-state index contributed by atoms with van der Waals surface area (Å²) in [7, 11) is 0. The van der Waals surface area contributed by atoms with E-state index in [2.05, 4.69) is 16.9 Å². The third-order valence-electron chi connectivity index (χ3n) is 1.79. The average Bonchev–Trinajstić information content (AvgIpc) is 2.25. The van der Waals surface area contributed by atoms with Gasteiger partial charge in [0.1, 0.15) is 6.61 Å². The number of hydrogen-bond acceptors (Lipinski definition) is 3. The first kappa shape index (κ1) is 10.7. The van der Waals surface area contributed by atoms with Crippen LogP contribution in [0.2, 0.25) is 0 Å². The molecule has 0 saturated heterocycles. The van der Waals surface area contributed by atoms with Crippen LogP contribution >= 0.6 is 0 Å². The first-order valence-corrected chi connectivity index (χ1v) is 4.60. The highest BCUT2D eigenvalue weighted by molar-refractivity contribution is 5.36. The highest BCUT2D eigenvalue weighted by atomic mass is 16.5. The molecule has 3 nitrogen and oxygen atoms in total. The molecule has 0 fully saturated rings. The Morgan fingerprint density at radius 2 is 1.86 bits per heavy atom. The lowest BCUT2D eigenvalue weighted by Crippen LogP contribution is -2.05. The second kappa shape index (κ2) is 7.09. The minimum atomic E-state index is 0.332. The summed E-state index contributed by atoms with van der Waals surface area (Å²) in [5.41, 5.74) is 1.25. The van der Waals surface area contributed by atoms with Crippen molar-refractivity contribution < 1.29 is 14.3 Å². The summed E-state index contributed by atoms with van der Waals surface area (Å²) in [6.45, 7) is 1.89. The second-order valence-corrected chi connectivity index (χ2v) is 2.81. The van der Waals surface area contributed by atoms with Crippen LogP contribution in [0.1, 0.15) is 5.56 Å². The van der Waals surface area contributed by atoms with Gasteiger partial charge in [-0.25, -0.2) is 0 Å². The largest absolute Gasteiger partial charge is 0.465 e. The van der Waals surface area contributed by atoms with E-state index in [1.807, 2.05) is 18.2 Å². The molecule has 0 spiro atoms. The number of carbonyl (C=O) groups is 1. The number of rotatable bonds is 7. The normalized spacial score (nSPS) is 9.71. The molecule has 1 rings (SSSR count). The molecule has 3 heteroatoms. The summed E-state index contributed by atoms with van der Waals surface area (Å²) >= 11 is 0. The SMILES string of the molecule is O=COCCOCCc1ccccc1. The third-order valence-corrected chi connectivity index (χ3v) is 1.79. The van der Waals surface area contributed by atoms with E-state index in [0.717, 1.165) is 6.42 Å². The van der Waals surface area contributed by atoms with Gasteiger partial charge in [0.15, 0.2) is 0 Å². The molecular formula is C11H14O3. The highest BCUT2D eigenvalue weighted by Gasteiger charge is 1.91. The molecule has 0 heterocycles. The van der Waals surface area contributed by atoms with Crippen LogP contribution in [0.3, 0.4) is 0 Å². The fraction of sp³-hybridized carbons (Fsp3) is 0.364. The smallest absolute Gasteiger partial charge is 0.293 e. The van der Waals surface area contributed by atoms with E-state index in [1.165, 1.54) is 5.56 Å². The van der Waals surface area contributed by atoms with Gasteiger partial charge in [-0.2, -0.15) is 0 Å². The molecule has 0 amide bonds. The van der Waals surface area contributed by atoms with Gasteiger partial charge in [-0.3, -0.25) is 4.79 Å². The Labute approximate surface area is 83.6 Å². The highest BCUT2D eigenvalue weighted by Crippen LogP contribution is 1.99. The maximum atomic E-state index is 9.78. The van der Waals surface area contributed by atoms with Crippen LogP contribution in [0.5, 0.6) is 0 Å². The predicted octanol–water partition coefficient (Wildman–Crippen LogP) is 1.42. The van der Waals surface area contributed by atoms with Crippen LogP contribution in [0.25, 0.3) is 0 Å². The minimum absolute atomic E-state index is 0.332. The maximum Gasteiger partial charge on any atom is 0.293 e.